The van der Waals surface area contributed by atoms with Crippen molar-refractivity contribution in [2.24, 2.45) is 0 Å². The zero-order valence-corrected chi connectivity index (χ0v) is 17.6. The summed E-state index contributed by atoms with van der Waals surface area (Å²) in [5.74, 6) is 0.519. The predicted molar refractivity (Wildman–Crippen MR) is 123 cm³/mol. The van der Waals surface area contributed by atoms with Crippen LogP contribution in [0.2, 0.25) is 0 Å². The summed E-state index contributed by atoms with van der Waals surface area (Å²) in [6, 6.07) is 15.6. The van der Waals surface area contributed by atoms with Crippen LogP contribution in [-0.2, 0) is 11.3 Å². The van der Waals surface area contributed by atoms with Crippen LogP contribution in [0.3, 0.4) is 0 Å². The van der Waals surface area contributed by atoms with Gasteiger partial charge in [0.2, 0.25) is 5.91 Å². The Morgan fingerprint density at radius 3 is 2.50 bits per heavy atom. The van der Waals surface area contributed by atoms with E-state index in [2.05, 4.69) is 20.2 Å². The van der Waals surface area contributed by atoms with Crippen LogP contribution in [0, 0.1) is 0 Å². The maximum atomic E-state index is 13.2. The Hall–Kier alpha value is -3.94. The van der Waals surface area contributed by atoms with Crippen molar-refractivity contribution in [2.75, 3.05) is 47.8 Å². The molecule has 2 amide bonds. The number of rotatable bonds is 4. The van der Waals surface area contributed by atoms with Crippen molar-refractivity contribution in [1.82, 2.24) is 14.9 Å². The fourth-order valence-electron chi connectivity index (χ4n) is 4.15. The van der Waals surface area contributed by atoms with Crippen LogP contribution in [0.5, 0.6) is 0 Å². The fraction of sp³-hybridized carbons (Fsp3) is 0.250. The first-order chi connectivity index (χ1) is 15.7. The summed E-state index contributed by atoms with van der Waals surface area (Å²) in [4.78, 5) is 40.2. The van der Waals surface area contributed by atoms with Gasteiger partial charge >= 0.3 is 0 Å². The third-order valence-corrected chi connectivity index (χ3v) is 5.89. The SMILES string of the molecule is O=C(c1cnc2c(c1)N(Cc1ccccc1)C(=O)CN2)N1CCN(c2ccncc2)CC1. The number of benzene rings is 1. The Morgan fingerprint density at radius 2 is 1.75 bits per heavy atom. The van der Waals surface area contributed by atoms with E-state index < -0.39 is 0 Å². The van der Waals surface area contributed by atoms with Crippen molar-refractivity contribution in [2.45, 2.75) is 6.54 Å². The molecule has 0 spiro atoms. The Bertz CT molecular complexity index is 1110. The third kappa shape index (κ3) is 3.99. The first-order valence-corrected chi connectivity index (χ1v) is 10.7. The van der Waals surface area contributed by atoms with Crippen LogP contribution in [-0.4, -0.2) is 59.4 Å². The van der Waals surface area contributed by atoms with E-state index in [0.29, 0.717) is 36.7 Å². The van der Waals surface area contributed by atoms with Gasteiger partial charge in [0, 0.05) is 50.5 Å². The number of carbonyl (C=O) groups excluding carboxylic acids is 2. The molecule has 1 fully saturated rings. The number of pyridine rings is 2. The Morgan fingerprint density at radius 1 is 1.00 bits per heavy atom. The monoisotopic (exact) mass is 428 g/mol. The molecule has 162 valence electrons. The highest BCUT2D eigenvalue weighted by atomic mass is 16.2. The molecule has 4 heterocycles. The molecule has 3 aromatic rings. The average molecular weight is 428 g/mol. The zero-order valence-electron chi connectivity index (χ0n) is 17.6. The maximum Gasteiger partial charge on any atom is 0.255 e. The van der Waals surface area contributed by atoms with E-state index in [-0.39, 0.29) is 18.4 Å². The van der Waals surface area contributed by atoms with Gasteiger partial charge in [0.15, 0.2) is 5.82 Å². The molecule has 0 atom stereocenters. The predicted octanol–water partition coefficient (Wildman–Crippen LogP) is 2.40. The van der Waals surface area contributed by atoms with E-state index >= 15 is 0 Å². The minimum Gasteiger partial charge on any atom is -0.368 e. The molecule has 5 rings (SSSR count). The van der Waals surface area contributed by atoms with Gasteiger partial charge < -0.3 is 20.0 Å². The molecule has 0 aliphatic carbocycles. The number of hydrogen-bond acceptors (Lipinski definition) is 6. The molecule has 2 aromatic heterocycles. The van der Waals surface area contributed by atoms with Gasteiger partial charge in [0.1, 0.15) is 0 Å². The molecule has 1 N–H and O–H groups in total. The summed E-state index contributed by atoms with van der Waals surface area (Å²) < 4.78 is 0. The lowest BCUT2D eigenvalue weighted by atomic mass is 10.1. The van der Waals surface area contributed by atoms with Crippen LogP contribution in [0.25, 0.3) is 0 Å². The largest absolute Gasteiger partial charge is 0.368 e. The van der Waals surface area contributed by atoms with Gasteiger partial charge in [-0.25, -0.2) is 4.98 Å². The summed E-state index contributed by atoms with van der Waals surface area (Å²) >= 11 is 0. The number of aromatic nitrogens is 2. The molecule has 8 nitrogen and oxygen atoms in total. The Balaban J connectivity index is 1.33. The van der Waals surface area contributed by atoms with Gasteiger partial charge in [-0.1, -0.05) is 30.3 Å². The quantitative estimate of drug-likeness (QED) is 0.687. The molecule has 1 saturated heterocycles. The number of piperazine rings is 1. The van der Waals surface area contributed by atoms with E-state index in [1.807, 2.05) is 47.4 Å². The van der Waals surface area contributed by atoms with Gasteiger partial charge in [-0.15, -0.1) is 0 Å². The Labute approximate surface area is 186 Å². The number of carbonyl (C=O) groups is 2. The number of nitrogens with one attached hydrogen (secondary N) is 1. The lowest BCUT2D eigenvalue weighted by molar-refractivity contribution is -0.117. The van der Waals surface area contributed by atoms with Gasteiger partial charge in [-0.05, 0) is 23.8 Å². The van der Waals surface area contributed by atoms with Gasteiger partial charge in [-0.2, -0.15) is 0 Å². The number of fused-ring (bicyclic) bond motifs is 1. The highest BCUT2D eigenvalue weighted by Crippen LogP contribution is 2.30. The molecule has 0 radical (unpaired) electrons. The minimum absolute atomic E-state index is 0.0429. The van der Waals surface area contributed by atoms with E-state index in [9.17, 15) is 9.59 Å². The van der Waals surface area contributed by atoms with Gasteiger partial charge in [0.05, 0.1) is 24.3 Å². The molecule has 0 saturated carbocycles. The van der Waals surface area contributed by atoms with E-state index in [1.165, 1.54) is 0 Å². The summed E-state index contributed by atoms with van der Waals surface area (Å²) in [6.45, 7) is 3.41. The van der Waals surface area contributed by atoms with Crippen molar-refractivity contribution in [3.63, 3.8) is 0 Å². The van der Waals surface area contributed by atoms with Crippen LogP contribution >= 0.6 is 0 Å². The molecular formula is C24H24N6O2. The van der Waals surface area contributed by atoms with Crippen molar-refractivity contribution in [1.29, 1.82) is 0 Å². The lowest BCUT2D eigenvalue weighted by Crippen LogP contribution is -2.49. The summed E-state index contributed by atoms with van der Waals surface area (Å²) in [5.41, 5.74) is 3.28. The molecule has 2 aliphatic heterocycles. The topological polar surface area (TPSA) is 81.7 Å². The van der Waals surface area contributed by atoms with Gasteiger partial charge in [-0.3, -0.25) is 14.6 Å². The summed E-state index contributed by atoms with van der Waals surface area (Å²) in [7, 11) is 0. The Kier molecular flexibility index (Phi) is 5.41. The number of anilines is 3. The van der Waals surface area contributed by atoms with Crippen LogP contribution < -0.4 is 15.1 Å². The second-order valence-corrected chi connectivity index (χ2v) is 7.90. The molecule has 0 bridgehead atoms. The van der Waals surface area contributed by atoms with Crippen molar-refractivity contribution in [3.8, 4) is 0 Å². The van der Waals surface area contributed by atoms with Crippen LogP contribution in [0.1, 0.15) is 15.9 Å². The first-order valence-electron chi connectivity index (χ1n) is 10.7. The second-order valence-electron chi connectivity index (χ2n) is 7.90. The molecule has 8 heteroatoms. The van der Waals surface area contributed by atoms with Gasteiger partial charge in [0.25, 0.3) is 5.91 Å². The average Bonchev–Trinajstić information content (AvgIpc) is 2.86. The second kappa shape index (κ2) is 8.66. The molecular weight excluding hydrogens is 404 g/mol. The number of hydrogen-bond donors (Lipinski definition) is 1. The molecule has 2 aliphatic rings. The molecule has 1 aromatic carbocycles. The highest BCUT2D eigenvalue weighted by molar-refractivity contribution is 6.04. The summed E-state index contributed by atoms with van der Waals surface area (Å²) in [5, 5.41) is 3.06. The van der Waals surface area contributed by atoms with Crippen molar-refractivity contribution < 1.29 is 9.59 Å². The smallest absolute Gasteiger partial charge is 0.255 e. The maximum absolute atomic E-state index is 13.2. The standard InChI is InChI=1S/C24H24N6O2/c31-22-16-27-23-21(30(22)17-18-4-2-1-3-5-18)14-19(15-26-23)24(32)29-12-10-28(11-13-29)20-6-8-25-9-7-20/h1-9,14-15H,10-13,16-17H2,(H,26,27). The highest BCUT2D eigenvalue weighted by Gasteiger charge is 2.28. The third-order valence-electron chi connectivity index (χ3n) is 5.89. The molecule has 0 unspecified atom stereocenters. The van der Waals surface area contributed by atoms with Crippen molar-refractivity contribution in [3.05, 3.63) is 78.2 Å². The zero-order chi connectivity index (χ0) is 21.9. The van der Waals surface area contributed by atoms with E-state index in [1.54, 1.807) is 29.6 Å². The first kappa shape index (κ1) is 20.0. The fourth-order valence-corrected chi connectivity index (χ4v) is 4.15. The van der Waals surface area contributed by atoms with Crippen LogP contribution in [0.15, 0.2) is 67.1 Å². The van der Waals surface area contributed by atoms with Crippen molar-refractivity contribution >= 4 is 29.0 Å². The normalized spacial score (nSPS) is 15.9. The number of amides is 2. The molecule has 32 heavy (non-hydrogen) atoms. The van der Waals surface area contributed by atoms with Crippen LogP contribution in [0.4, 0.5) is 17.2 Å². The minimum atomic E-state index is -0.0626. The summed E-state index contributed by atoms with van der Waals surface area (Å²) in [6.07, 6.45) is 5.16. The number of nitrogens with zero attached hydrogens (tertiary/aromatic N) is 5. The lowest BCUT2D eigenvalue weighted by Gasteiger charge is -2.36. The van der Waals surface area contributed by atoms with E-state index in [4.69, 9.17) is 0 Å². The van der Waals surface area contributed by atoms with E-state index in [0.717, 1.165) is 24.3 Å².